The summed E-state index contributed by atoms with van der Waals surface area (Å²) in [5, 5.41) is 2.91. The Labute approximate surface area is 136 Å². The first kappa shape index (κ1) is 15.9. The summed E-state index contributed by atoms with van der Waals surface area (Å²) in [6, 6.07) is 5.92. The molecule has 1 aromatic carbocycles. The van der Waals surface area contributed by atoms with Crippen LogP contribution in [-0.4, -0.2) is 15.5 Å². The van der Waals surface area contributed by atoms with Crippen molar-refractivity contribution < 1.29 is 13.6 Å². The molecule has 0 bridgehead atoms. The van der Waals surface area contributed by atoms with Crippen molar-refractivity contribution in [1.29, 1.82) is 0 Å². The number of para-hydroxylation sites is 1. The lowest BCUT2D eigenvalue weighted by Crippen LogP contribution is -2.23. The molecule has 0 saturated carbocycles. The molecule has 3 aromatic rings. The van der Waals surface area contributed by atoms with Gasteiger partial charge in [-0.3, -0.25) is 14.2 Å². The summed E-state index contributed by atoms with van der Waals surface area (Å²) in [4.78, 5) is 28.5. The SMILES string of the molecule is Cc1oc2ncn(CCC(=O)Nc3ccccc3F)c(=O)c2c1C. The topological polar surface area (TPSA) is 77.1 Å². The highest BCUT2D eigenvalue weighted by Gasteiger charge is 2.14. The lowest BCUT2D eigenvalue weighted by molar-refractivity contribution is -0.116. The van der Waals surface area contributed by atoms with E-state index in [1.807, 2.05) is 0 Å². The second-order valence-corrected chi connectivity index (χ2v) is 5.48. The summed E-state index contributed by atoms with van der Waals surface area (Å²) >= 11 is 0. The highest BCUT2D eigenvalue weighted by molar-refractivity contribution is 5.90. The first-order valence-electron chi connectivity index (χ1n) is 7.47. The van der Waals surface area contributed by atoms with Gasteiger partial charge in [0.15, 0.2) is 0 Å². The lowest BCUT2D eigenvalue weighted by Gasteiger charge is -2.07. The van der Waals surface area contributed by atoms with Gasteiger partial charge < -0.3 is 9.73 Å². The standard InChI is InChI=1S/C17H16FN3O3/c1-10-11(2)24-16-15(10)17(23)21(9-19-16)8-7-14(22)20-13-6-4-3-5-12(13)18/h3-6,9H,7-8H2,1-2H3,(H,20,22). The quantitative estimate of drug-likeness (QED) is 0.798. The molecular formula is C17H16FN3O3. The molecule has 0 aliphatic carbocycles. The van der Waals surface area contributed by atoms with Crippen LogP contribution in [0.15, 0.2) is 39.8 Å². The number of aryl methyl sites for hydroxylation is 3. The van der Waals surface area contributed by atoms with Crippen molar-refractivity contribution in [3.8, 4) is 0 Å². The number of hydrogen-bond acceptors (Lipinski definition) is 4. The van der Waals surface area contributed by atoms with Crippen LogP contribution in [0.3, 0.4) is 0 Å². The molecule has 0 aliphatic heterocycles. The fourth-order valence-corrected chi connectivity index (χ4v) is 2.43. The molecular weight excluding hydrogens is 313 g/mol. The number of halogens is 1. The van der Waals surface area contributed by atoms with Crippen molar-refractivity contribution in [2.75, 3.05) is 5.32 Å². The molecule has 2 aromatic heterocycles. The van der Waals surface area contributed by atoms with Gasteiger partial charge in [0.25, 0.3) is 5.56 Å². The number of aromatic nitrogens is 2. The molecule has 6 nitrogen and oxygen atoms in total. The van der Waals surface area contributed by atoms with Gasteiger partial charge in [0.1, 0.15) is 23.3 Å². The molecule has 0 aliphatic rings. The predicted molar refractivity (Wildman–Crippen MR) is 87.4 cm³/mol. The van der Waals surface area contributed by atoms with E-state index >= 15 is 0 Å². The molecule has 1 N–H and O–H groups in total. The monoisotopic (exact) mass is 329 g/mol. The third-order valence-electron chi connectivity index (χ3n) is 3.88. The number of nitrogens with zero attached hydrogens (tertiary/aromatic N) is 2. The number of benzene rings is 1. The van der Waals surface area contributed by atoms with Gasteiger partial charge in [-0.1, -0.05) is 12.1 Å². The molecule has 0 radical (unpaired) electrons. The van der Waals surface area contributed by atoms with Crippen LogP contribution in [0.2, 0.25) is 0 Å². The molecule has 0 atom stereocenters. The van der Waals surface area contributed by atoms with E-state index in [4.69, 9.17) is 4.42 Å². The first-order chi connectivity index (χ1) is 11.5. The Hall–Kier alpha value is -2.96. The summed E-state index contributed by atoms with van der Waals surface area (Å²) in [5.41, 5.74) is 0.896. The van der Waals surface area contributed by atoms with Crippen LogP contribution in [0.5, 0.6) is 0 Å². The Bertz CT molecular complexity index is 975. The maximum absolute atomic E-state index is 13.5. The van der Waals surface area contributed by atoms with Crippen LogP contribution in [0.4, 0.5) is 10.1 Å². The predicted octanol–water partition coefficient (Wildman–Crippen LogP) is 2.77. The van der Waals surface area contributed by atoms with Gasteiger partial charge in [-0.15, -0.1) is 0 Å². The molecule has 0 spiro atoms. The molecule has 3 rings (SSSR count). The van der Waals surface area contributed by atoms with Gasteiger partial charge in [0.05, 0.1) is 5.69 Å². The van der Waals surface area contributed by atoms with Gasteiger partial charge in [-0.05, 0) is 26.0 Å². The number of carbonyl (C=O) groups is 1. The van der Waals surface area contributed by atoms with Gasteiger partial charge in [0.2, 0.25) is 11.6 Å². The zero-order valence-corrected chi connectivity index (χ0v) is 13.3. The Morgan fingerprint density at radius 1 is 1.33 bits per heavy atom. The zero-order valence-electron chi connectivity index (χ0n) is 13.3. The Kier molecular flexibility index (Phi) is 4.16. The van der Waals surface area contributed by atoms with E-state index in [0.29, 0.717) is 16.9 Å². The van der Waals surface area contributed by atoms with E-state index < -0.39 is 5.82 Å². The number of rotatable bonds is 4. The fraction of sp³-hybridized carbons (Fsp3) is 0.235. The van der Waals surface area contributed by atoms with Crippen LogP contribution < -0.4 is 10.9 Å². The van der Waals surface area contributed by atoms with E-state index in [-0.39, 0.29) is 30.1 Å². The Morgan fingerprint density at radius 2 is 2.08 bits per heavy atom. The summed E-state index contributed by atoms with van der Waals surface area (Å²) in [6.45, 7) is 3.70. The molecule has 0 saturated heterocycles. The van der Waals surface area contributed by atoms with E-state index in [0.717, 1.165) is 5.56 Å². The number of furan rings is 1. The van der Waals surface area contributed by atoms with E-state index in [1.54, 1.807) is 26.0 Å². The molecule has 0 fully saturated rings. The molecule has 1 amide bonds. The van der Waals surface area contributed by atoms with Gasteiger partial charge >= 0.3 is 0 Å². The van der Waals surface area contributed by atoms with Crippen LogP contribution >= 0.6 is 0 Å². The number of amides is 1. The maximum atomic E-state index is 13.5. The minimum absolute atomic E-state index is 0.0251. The largest absolute Gasteiger partial charge is 0.443 e. The number of fused-ring (bicyclic) bond motifs is 1. The fourth-order valence-electron chi connectivity index (χ4n) is 2.43. The van der Waals surface area contributed by atoms with Crippen LogP contribution in [0, 0.1) is 19.7 Å². The minimum atomic E-state index is -0.504. The summed E-state index contributed by atoms with van der Waals surface area (Å²) < 4.78 is 20.3. The van der Waals surface area contributed by atoms with Crippen molar-refractivity contribution in [2.24, 2.45) is 0 Å². The minimum Gasteiger partial charge on any atom is -0.443 e. The average molecular weight is 329 g/mol. The molecule has 24 heavy (non-hydrogen) atoms. The zero-order chi connectivity index (χ0) is 17.3. The lowest BCUT2D eigenvalue weighted by atomic mass is 10.2. The Morgan fingerprint density at radius 3 is 2.83 bits per heavy atom. The van der Waals surface area contributed by atoms with E-state index in [9.17, 15) is 14.0 Å². The van der Waals surface area contributed by atoms with Gasteiger partial charge in [0, 0.05) is 18.5 Å². The maximum Gasteiger partial charge on any atom is 0.264 e. The third-order valence-corrected chi connectivity index (χ3v) is 3.88. The number of anilines is 1. The van der Waals surface area contributed by atoms with Gasteiger partial charge in [-0.25, -0.2) is 9.37 Å². The summed E-state index contributed by atoms with van der Waals surface area (Å²) in [7, 11) is 0. The average Bonchev–Trinajstić information content (AvgIpc) is 2.84. The smallest absolute Gasteiger partial charge is 0.264 e. The number of hydrogen-bond donors (Lipinski definition) is 1. The van der Waals surface area contributed by atoms with Crippen LogP contribution in [0.25, 0.3) is 11.1 Å². The normalized spacial score (nSPS) is 11.0. The van der Waals surface area contributed by atoms with Gasteiger partial charge in [-0.2, -0.15) is 0 Å². The van der Waals surface area contributed by atoms with E-state index in [1.165, 1.54) is 23.0 Å². The Balaban J connectivity index is 1.75. The highest BCUT2D eigenvalue weighted by Crippen LogP contribution is 2.19. The highest BCUT2D eigenvalue weighted by atomic mass is 19.1. The van der Waals surface area contributed by atoms with Crippen molar-refractivity contribution in [3.05, 3.63) is 58.1 Å². The van der Waals surface area contributed by atoms with Crippen molar-refractivity contribution >= 4 is 22.7 Å². The van der Waals surface area contributed by atoms with Crippen LogP contribution in [-0.2, 0) is 11.3 Å². The van der Waals surface area contributed by atoms with Crippen molar-refractivity contribution in [3.63, 3.8) is 0 Å². The molecule has 2 heterocycles. The second kappa shape index (κ2) is 6.27. The van der Waals surface area contributed by atoms with Crippen LogP contribution in [0.1, 0.15) is 17.7 Å². The van der Waals surface area contributed by atoms with E-state index in [2.05, 4.69) is 10.3 Å². The number of carbonyl (C=O) groups excluding carboxylic acids is 1. The summed E-state index contributed by atoms with van der Waals surface area (Å²) in [5.74, 6) is -0.243. The number of nitrogens with one attached hydrogen (secondary N) is 1. The third kappa shape index (κ3) is 2.92. The first-order valence-corrected chi connectivity index (χ1v) is 7.47. The molecule has 124 valence electrons. The molecule has 0 unspecified atom stereocenters. The summed E-state index contributed by atoms with van der Waals surface area (Å²) in [6.07, 6.45) is 1.38. The molecule has 7 heteroatoms. The van der Waals surface area contributed by atoms with Crippen molar-refractivity contribution in [2.45, 2.75) is 26.8 Å². The van der Waals surface area contributed by atoms with Crippen molar-refractivity contribution in [1.82, 2.24) is 9.55 Å². The second-order valence-electron chi connectivity index (χ2n) is 5.48.